The Morgan fingerprint density at radius 1 is 1.23 bits per heavy atom. The van der Waals surface area contributed by atoms with Crippen LogP contribution in [0.5, 0.6) is 11.5 Å². The first-order valence-electron chi connectivity index (χ1n) is 6.42. The number of aldehydes is 1. The number of hydrogen-bond donors (Lipinski definition) is 1. The fraction of sp³-hybridized carbons (Fsp3) is 0.125. The van der Waals surface area contributed by atoms with E-state index in [0.717, 1.165) is 5.56 Å². The molecule has 114 valence electrons. The number of methoxy groups -OCH3 is 1. The van der Waals surface area contributed by atoms with E-state index in [-0.39, 0.29) is 5.75 Å². The van der Waals surface area contributed by atoms with Crippen LogP contribution in [0.4, 0.5) is 10.5 Å². The molecular formula is C16H14ClNO4. The Bertz CT molecular complexity index is 715. The Balaban J connectivity index is 2.15. The number of hydrogen-bond acceptors (Lipinski definition) is 4. The first-order chi connectivity index (χ1) is 10.5. The molecular weight excluding hydrogens is 306 g/mol. The van der Waals surface area contributed by atoms with Crippen LogP contribution in [-0.2, 0) is 0 Å². The minimum Gasteiger partial charge on any atom is -0.493 e. The van der Waals surface area contributed by atoms with Crippen LogP contribution in [0.15, 0.2) is 36.4 Å². The lowest BCUT2D eigenvalue weighted by Crippen LogP contribution is -2.17. The van der Waals surface area contributed by atoms with E-state index in [0.29, 0.717) is 28.3 Å². The summed E-state index contributed by atoms with van der Waals surface area (Å²) in [6.07, 6.45) is 0.00402. The van der Waals surface area contributed by atoms with Gasteiger partial charge in [-0.25, -0.2) is 4.79 Å². The van der Waals surface area contributed by atoms with Crippen molar-refractivity contribution in [3.05, 3.63) is 52.5 Å². The van der Waals surface area contributed by atoms with Gasteiger partial charge in [0.1, 0.15) is 6.29 Å². The van der Waals surface area contributed by atoms with Gasteiger partial charge in [-0.1, -0.05) is 17.7 Å². The van der Waals surface area contributed by atoms with Crippen molar-refractivity contribution in [2.75, 3.05) is 12.4 Å². The van der Waals surface area contributed by atoms with Gasteiger partial charge in [-0.2, -0.15) is 0 Å². The monoisotopic (exact) mass is 319 g/mol. The van der Waals surface area contributed by atoms with E-state index in [2.05, 4.69) is 5.32 Å². The Hall–Kier alpha value is -2.53. The molecule has 0 aliphatic heterocycles. The summed E-state index contributed by atoms with van der Waals surface area (Å²) in [6.45, 7) is 1.79. The molecule has 0 aliphatic rings. The molecule has 1 amide bonds. The van der Waals surface area contributed by atoms with Crippen molar-refractivity contribution < 1.29 is 19.1 Å². The molecule has 22 heavy (non-hydrogen) atoms. The minimum absolute atomic E-state index is 0.213. The molecule has 0 spiro atoms. The number of ether oxygens (including phenoxy) is 2. The summed E-state index contributed by atoms with van der Waals surface area (Å²) >= 11 is 5.99. The Kier molecular flexibility index (Phi) is 5.01. The number of anilines is 1. The largest absolute Gasteiger partial charge is 0.493 e. The van der Waals surface area contributed by atoms with Gasteiger partial charge < -0.3 is 9.47 Å². The normalized spacial score (nSPS) is 9.95. The molecule has 0 fully saturated rings. The average Bonchev–Trinajstić information content (AvgIpc) is 2.52. The van der Waals surface area contributed by atoms with Gasteiger partial charge >= 0.3 is 6.09 Å². The van der Waals surface area contributed by atoms with Crippen molar-refractivity contribution in [1.82, 2.24) is 0 Å². The summed E-state index contributed by atoms with van der Waals surface area (Å²) in [7, 11) is 1.43. The molecule has 0 unspecified atom stereocenters. The molecule has 1 N–H and O–H groups in total. The smallest absolute Gasteiger partial charge is 0.417 e. The van der Waals surface area contributed by atoms with Crippen molar-refractivity contribution in [2.45, 2.75) is 6.92 Å². The zero-order valence-electron chi connectivity index (χ0n) is 12.1. The zero-order valence-corrected chi connectivity index (χ0v) is 12.8. The van der Waals surface area contributed by atoms with Gasteiger partial charge in [-0.3, -0.25) is 10.1 Å². The number of nitrogens with one attached hydrogen (secondary N) is 1. The third-order valence-electron chi connectivity index (χ3n) is 3.03. The maximum absolute atomic E-state index is 12.0. The van der Waals surface area contributed by atoms with Gasteiger partial charge in [0.05, 0.1) is 7.11 Å². The van der Waals surface area contributed by atoms with E-state index < -0.39 is 6.09 Å². The second kappa shape index (κ2) is 6.95. The van der Waals surface area contributed by atoms with E-state index in [4.69, 9.17) is 21.1 Å². The number of rotatable bonds is 4. The first-order valence-corrected chi connectivity index (χ1v) is 6.80. The number of halogens is 1. The molecule has 0 bridgehead atoms. The van der Waals surface area contributed by atoms with Gasteiger partial charge in [-0.15, -0.1) is 0 Å². The quantitative estimate of drug-likeness (QED) is 0.862. The summed E-state index contributed by atoms with van der Waals surface area (Å²) in [6, 6.07) is 9.68. The molecule has 0 atom stereocenters. The standard InChI is InChI=1S/C16H14ClNO4/c1-10-12(17)4-3-5-13(10)18-16(20)22-14-7-6-11(9-19)8-15(14)21-2/h3-9H,1-2H3,(H,18,20). The Morgan fingerprint density at radius 2 is 2.00 bits per heavy atom. The van der Waals surface area contributed by atoms with Crippen LogP contribution in [0, 0.1) is 6.92 Å². The van der Waals surface area contributed by atoms with E-state index >= 15 is 0 Å². The molecule has 0 aliphatic carbocycles. The SMILES string of the molecule is COc1cc(C=O)ccc1OC(=O)Nc1cccc(Cl)c1C. The van der Waals surface area contributed by atoms with Crippen LogP contribution < -0.4 is 14.8 Å². The third-order valence-corrected chi connectivity index (χ3v) is 3.44. The summed E-state index contributed by atoms with van der Waals surface area (Å²) in [5.41, 5.74) is 1.72. The summed E-state index contributed by atoms with van der Waals surface area (Å²) in [5, 5.41) is 3.16. The molecule has 0 saturated heterocycles. The number of benzene rings is 2. The van der Waals surface area contributed by atoms with Crippen molar-refractivity contribution in [2.24, 2.45) is 0 Å². The summed E-state index contributed by atoms with van der Waals surface area (Å²) in [5.74, 6) is 0.507. The van der Waals surface area contributed by atoms with Crippen molar-refractivity contribution >= 4 is 29.7 Å². The predicted molar refractivity (Wildman–Crippen MR) is 84.2 cm³/mol. The van der Waals surface area contributed by atoms with Gasteiger partial charge in [0.15, 0.2) is 11.5 Å². The van der Waals surface area contributed by atoms with Crippen LogP contribution in [0.25, 0.3) is 0 Å². The fourth-order valence-electron chi connectivity index (χ4n) is 1.82. The van der Waals surface area contributed by atoms with Gasteiger partial charge in [0.2, 0.25) is 0 Å². The lowest BCUT2D eigenvalue weighted by Gasteiger charge is -2.12. The predicted octanol–water partition coefficient (Wildman–Crippen LogP) is 4.08. The van der Waals surface area contributed by atoms with Crippen molar-refractivity contribution in [3.8, 4) is 11.5 Å². The van der Waals surface area contributed by atoms with Gasteiger partial charge in [0, 0.05) is 16.3 Å². The highest BCUT2D eigenvalue weighted by Crippen LogP contribution is 2.28. The molecule has 2 aromatic rings. The van der Waals surface area contributed by atoms with Crippen molar-refractivity contribution in [1.29, 1.82) is 0 Å². The van der Waals surface area contributed by atoms with Crippen LogP contribution in [0.3, 0.4) is 0 Å². The van der Waals surface area contributed by atoms with Gasteiger partial charge in [-0.05, 0) is 42.8 Å². The second-order valence-corrected chi connectivity index (χ2v) is 4.86. The molecule has 0 aromatic heterocycles. The van der Waals surface area contributed by atoms with Gasteiger partial charge in [0.25, 0.3) is 0 Å². The summed E-state index contributed by atoms with van der Waals surface area (Å²) in [4.78, 5) is 22.7. The molecule has 2 rings (SSSR count). The van der Waals surface area contributed by atoms with Crippen LogP contribution in [-0.4, -0.2) is 19.5 Å². The number of amides is 1. The highest BCUT2D eigenvalue weighted by molar-refractivity contribution is 6.31. The maximum Gasteiger partial charge on any atom is 0.417 e. The highest BCUT2D eigenvalue weighted by Gasteiger charge is 2.12. The minimum atomic E-state index is -0.678. The van der Waals surface area contributed by atoms with Crippen molar-refractivity contribution in [3.63, 3.8) is 0 Å². The maximum atomic E-state index is 12.0. The Morgan fingerprint density at radius 3 is 2.68 bits per heavy atom. The zero-order chi connectivity index (χ0) is 16.1. The second-order valence-electron chi connectivity index (χ2n) is 4.46. The highest BCUT2D eigenvalue weighted by atomic mass is 35.5. The Labute approximate surface area is 132 Å². The lowest BCUT2D eigenvalue weighted by atomic mass is 10.2. The fourth-order valence-corrected chi connectivity index (χ4v) is 1.99. The van der Waals surface area contributed by atoms with Crippen LogP contribution >= 0.6 is 11.6 Å². The third kappa shape index (κ3) is 3.56. The van der Waals surface area contributed by atoms with E-state index in [1.165, 1.54) is 25.3 Å². The molecule has 0 radical (unpaired) electrons. The molecule has 6 heteroatoms. The summed E-state index contributed by atoms with van der Waals surface area (Å²) < 4.78 is 10.3. The average molecular weight is 320 g/mol. The molecule has 5 nitrogen and oxygen atoms in total. The molecule has 2 aromatic carbocycles. The van der Waals surface area contributed by atoms with Crippen LogP contribution in [0.2, 0.25) is 5.02 Å². The first kappa shape index (κ1) is 15.9. The lowest BCUT2D eigenvalue weighted by molar-refractivity contribution is 0.112. The number of carbonyl (C=O) groups is 2. The molecule has 0 saturated carbocycles. The topological polar surface area (TPSA) is 64.6 Å². The van der Waals surface area contributed by atoms with E-state index in [1.807, 2.05) is 0 Å². The van der Waals surface area contributed by atoms with E-state index in [9.17, 15) is 9.59 Å². The van der Waals surface area contributed by atoms with E-state index in [1.54, 1.807) is 25.1 Å². The van der Waals surface area contributed by atoms with Crippen LogP contribution in [0.1, 0.15) is 15.9 Å². The number of carbonyl (C=O) groups excluding carboxylic acids is 2. The molecule has 0 heterocycles.